The first kappa shape index (κ1) is 17.5. The van der Waals surface area contributed by atoms with Crippen LogP contribution in [0.4, 0.5) is 0 Å². The lowest BCUT2D eigenvalue weighted by molar-refractivity contribution is -0.151. The maximum atomic E-state index is 12.6. The molecule has 0 radical (unpaired) electrons. The minimum atomic E-state index is -1.03. The highest BCUT2D eigenvalue weighted by Crippen LogP contribution is 2.28. The first-order valence-electron chi connectivity index (χ1n) is 7.52. The molecule has 0 fully saturated rings. The monoisotopic (exact) mass is 379 g/mol. The van der Waals surface area contributed by atoms with Crippen LogP contribution in [-0.2, 0) is 16.1 Å². The Hall–Kier alpha value is -2.32. The molecule has 0 unspecified atom stereocenters. The highest BCUT2D eigenvalue weighted by atomic mass is 35.5. The van der Waals surface area contributed by atoms with Gasteiger partial charge >= 0.3 is 5.97 Å². The highest BCUT2D eigenvalue weighted by Gasteiger charge is 2.44. The van der Waals surface area contributed by atoms with Crippen molar-refractivity contribution in [3.8, 4) is 0 Å². The topological polar surface area (TPSA) is 89.5 Å². The predicted molar refractivity (Wildman–Crippen MR) is 90.3 cm³/mol. The SMILES string of the molecule is CC(C)[C@@H](C(=O)OCc1nnsc1Cl)N1C(=O)c2ccccc2C1=O. The number of aromatic nitrogens is 2. The van der Waals surface area contributed by atoms with E-state index in [-0.39, 0.29) is 23.7 Å². The van der Waals surface area contributed by atoms with E-state index in [9.17, 15) is 14.4 Å². The van der Waals surface area contributed by atoms with Gasteiger partial charge in [0.05, 0.1) is 11.1 Å². The van der Waals surface area contributed by atoms with Crippen molar-refractivity contribution in [2.75, 3.05) is 0 Å². The second-order valence-electron chi connectivity index (χ2n) is 5.82. The molecule has 2 amide bonds. The molecule has 1 aliphatic heterocycles. The molecule has 9 heteroatoms. The summed E-state index contributed by atoms with van der Waals surface area (Å²) < 4.78 is 9.22. The first-order chi connectivity index (χ1) is 11.9. The third-order valence-corrected chi connectivity index (χ3v) is 4.82. The van der Waals surface area contributed by atoms with Crippen LogP contribution in [0.2, 0.25) is 4.34 Å². The standard InChI is InChI=1S/C16H14ClN3O4S/c1-8(2)12(16(23)24-7-11-13(17)25-19-18-11)20-14(21)9-5-3-4-6-10(9)15(20)22/h3-6,8,12H,7H2,1-2H3/t12-/m0/s1. The van der Waals surface area contributed by atoms with E-state index < -0.39 is 23.8 Å². The number of ether oxygens (including phenoxy) is 1. The Morgan fingerprint density at radius 1 is 1.24 bits per heavy atom. The number of nitrogens with zero attached hydrogens (tertiary/aromatic N) is 3. The van der Waals surface area contributed by atoms with E-state index in [1.54, 1.807) is 38.1 Å². The molecule has 3 rings (SSSR count). The second kappa shape index (κ2) is 6.89. The van der Waals surface area contributed by atoms with Crippen LogP contribution in [0.5, 0.6) is 0 Å². The molecule has 2 aromatic rings. The van der Waals surface area contributed by atoms with Crippen molar-refractivity contribution in [3.63, 3.8) is 0 Å². The highest BCUT2D eigenvalue weighted by molar-refractivity contribution is 7.10. The maximum Gasteiger partial charge on any atom is 0.330 e. The van der Waals surface area contributed by atoms with E-state index in [1.165, 1.54) is 0 Å². The molecular formula is C16H14ClN3O4S. The van der Waals surface area contributed by atoms with Gasteiger partial charge in [-0.15, -0.1) is 5.10 Å². The molecule has 0 saturated carbocycles. The third kappa shape index (κ3) is 3.14. The van der Waals surface area contributed by atoms with E-state index in [2.05, 4.69) is 9.59 Å². The summed E-state index contributed by atoms with van der Waals surface area (Å²) in [5.41, 5.74) is 0.917. The Kier molecular flexibility index (Phi) is 4.82. The van der Waals surface area contributed by atoms with Gasteiger partial charge in [0.1, 0.15) is 22.7 Å². The van der Waals surface area contributed by atoms with Crippen LogP contribution in [-0.4, -0.2) is 38.3 Å². The molecule has 2 heterocycles. The minimum Gasteiger partial charge on any atom is -0.457 e. The van der Waals surface area contributed by atoms with Crippen LogP contribution >= 0.6 is 23.1 Å². The summed E-state index contributed by atoms with van der Waals surface area (Å²) in [5.74, 6) is -2.00. The van der Waals surface area contributed by atoms with Gasteiger partial charge in [0.25, 0.3) is 11.8 Å². The van der Waals surface area contributed by atoms with Crippen molar-refractivity contribution in [1.82, 2.24) is 14.5 Å². The normalized spacial score (nSPS) is 14.8. The smallest absolute Gasteiger partial charge is 0.330 e. The fourth-order valence-electron chi connectivity index (χ4n) is 2.64. The average Bonchev–Trinajstić information content (AvgIpc) is 3.10. The molecule has 0 aliphatic carbocycles. The zero-order valence-electron chi connectivity index (χ0n) is 13.4. The van der Waals surface area contributed by atoms with Gasteiger partial charge in [-0.05, 0) is 18.1 Å². The molecule has 1 aliphatic rings. The Morgan fingerprint density at radius 2 is 1.84 bits per heavy atom. The molecule has 1 aromatic heterocycles. The summed E-state index contributed by atoms with van der Waals surface area (Å²) in [6.07, 6.45) is 0. The van der Waals surface area contributed by atoms with Gasteiger partial charge in [-0.2, -0.15) is 0 Å². The van der Waals surface area contributed by atoms with Gasteiger partial charge in [-0.3, -0.25) is 14.5 Å². The summed E-state index contributed by atoms with van der Waals surface area (Å²) in [5, 5.41) is 3.76. The number of carbonyl (C=O) groups excluding carboxylic acids is 3. The fourth-order valence-corrected chi connectivity index (χ4v) is 3.25. The van der Waals surface area contributed by atoms with Gasteiger partial charge in [0.15, 0.2) is 0 Å². The van der Waals surface area contributed by atoms with Crippen molar-refractivity contribution in [1.29, 1.82) is 0 Å². The fraction of sp³-hybridized carbons (Fsp3) is 0.312. The third-order valence-electron chi connectivity index (χ3n) is 3.84. The maximum absolute atomic E-state index is 12.6. The zero-order valence-corrected chi connectivity index (χ0v) is 15.0. The number of imide groups is 1. The molecular weight excluding hydrogens is 366 g/mol. The molecule has 0 spiro atoms. The number of benzene rings is 1. The molecule has 130 valence electrons. The zero-order chi connectivity index (χ0) is 18.1. The Labute approximate surface area is 152 Å². The Balaban J connectivity index is 1.82. The lowest BCUT2D eigenvalue weighted by Crippen LogP contribution is -2.48. The second-order valence-corrected chi connectivity index (χ2v) is 7.17. The molecule has 1 atom stereocenters. The van der Waals surface area contributed by atoms with Crippen molar-refractivity contribution < 1.29 is 19.1 Å². The van der Waals surface area contributed by atoms with Crippen LogP contribution < -0.4 is 0 Å². The number of rotatable bonds is 5. The van der Waals surface area contributed by atoms with E-state index in [4.69, 9.17) is 16.3 Å². The lowest BCUT2D eigenvalue weighted by Gasteiger charge is -2.27. The Morgan fingerprint density at radius 3 is 2.32 bits per heavy atom. The van der Waals surface area contributed by atoms with Crippen LogP contribution in [0.1, 0.15) is 40.3 Å². The summed E-state index contributed by atoms with van der Waals surface area (Å²) >= 11 is 6.87. The number of halogens is 1. The molecule has 0 bridgehead atoms. The van der Waals surface area contributed by atoms with E-state index in [1.807, 2.05) is 0 Å². The van der Waals surface area contributed by atoms with Gasteiger partial charge in [-0.25, -0.2) is 4.79 Å². The molecule has 0 N–H and O–H groups in total. The van der Waals surface area contributed by atoms with Crippen LogP contribution in [0, 0.1) is 5.92 Å². The quantitative estimate of drug-likeness (QED) is 0.585. The van der Waals surface area contributed by atoms with Crippen LogP contribution in [0.15, 0.2) is 24.3 Å². The summed E-state index contributed by atoms with van der Waals surface area (Å²) in [6.45, 7) is 3.32. The molecule has 7 nitrogen and oxygen atoms in total. The lowest BCUT2D eigenvalue weighted by atomic mass is 10.0. The molecule has 25 heavy (non-hydrogen) atoms. The largest absolute Gasteiger partial charge is 0.457 e. The van der Waals surface area contributed by atoms with Gasteiger partial charge in [-0.1, -0.05) is 42.1 Å². The molecule has 1 aromatic carbocycles. The molecule has 0 saturated heterocycles. The summed E-state index contributed by atoms with van der Waals surface area (Å²) in [4.78, 5) is 38.7. The van der Waals surface area contributed by atoms with E-state index >= 15 is 0 Å². The van der Waals surface area contributed by atoms with E-state index in [0.29, 0.717) is 10.0 Å². The van der Waals surface area contributed by atoms with Gasteiger partial charge in [0.2, 0.25) is 0 Å². The van der Waals surface area contributed by atoms with Crippen molar-refractivity contribution in [3.05, 3.63) is 45.4 Å². The van der Waals surface area contributed by atoms with Crippen LogP contribution in [0.3, 0.4) is 0 Å². The van der Waals surface area contributed by atoms with Gasteiger partial charge < -0.3 is 4.74 Å². The summed E-state index contributed by atoms with van der Waals surface area (Å²) in [6, 6.07) is 5.46. The number of hydrogen-bond donors (Lipinski definition) is 0. The van der Waals surface area contributed by atoms with Crippen molar-refractivity contribution in [2.45, 2.75) is 26.5 Å². The number of fused-ring (bicyclic) bond motifs is 1. The predicted octanol–water partition coefficient (Wildman–Crippen LogP) is 2.56. The van der Waals surface area contributed by atoms with Crippen LogP contribution in [0.25, 0.3) is 0 Å². The number of esters is 1. The van der Waals surface area contributed by atoms with Crippen molar-refractivity contribution in [2.24, 2.45) is 5.92 Å². The summed E-state index contributed by atoms with van der Waals surface area (Å²) in [7, 11) is 0. The van der Waals surface area contributed by atoms with Gasteiger partial charge in [0, 0.05) is 11.5 Å². The number of carbonyl (C=O) groups is 3. The minimum absolute atomic E-state index is 0.166. The Bertz CT molecular complexity index is 816. The first-order valence-corrected chi connectivity index (χ1v) is 8.67. The van der Waals surface area contributed by atoms with E-state index in [0.717, 1.165) is 16.4 Å². The number of hydrogen-bond acceptors (Lipinski definition) is 7. The average molecular weight is 380 g/mol. The van der Waals surface area contributed by atoms with Crippen molar-refractivity contribution >= 4 is 40.9 Å². The number of amides is 2.